The van der Waals surface area contributed by atoms with Gasteiger partial charge in [-0.3, -0.25) is 9.69 Å². The summed E-state index contributed by atoms with van der Waals surface area (Å²) in [5.41, 5.74) is 2.56. The summed E-state index contributed by atoms with van der Waals surface area (Å²) >= 11 is 0. The fourth-order valence-electron chi connectivity index (χ4n) is 3.81. The second kappa shape index (κ2) is 6.39. The Morgan fingerprint density at radius 3 is 3.12 bits per heavy atom. The molecule has 3 heterocycles. The standard InChI is InChI=1S/C19H22N4O3/c24-18(20-14-4-5-14)17-21-19(26-22-17)15-2-1-8-23(15)11-12-3-6-16-13(10-12)7-9-25-16/h3,6,10,14-15H,1-2,4-5,7-9,11H2,(H,20,24)/t15-/m0/s1. The summed E-state index contributed by atoms with van der Waals surface area (Å²) in [4.78, 5) is 18.8. The molecule has 7 nitrogen and oxygen atoms in total. The maximum Gasteiger partial charge on any atom is 0.292 e. The van der Waals surface area contributed by atoms with E-state index in [1.165, 1.54) is 11.1 Å². The molecule has 1 N–H and O–H groups in total. The molecule has 1 atom stereocenters. The number of aromatic nitrogens is 2. The van der Waals surface area contributed by atoms with Crippen molar-refractivity contribution in [1.29, 1.82) is 0 Å². The summed E-state index contributed by atoms with van der Waals surface area (Å²) in [5, 5.41) is 6.79. The molecule has 26 heavy (non-hydrogen) atoms. The number of carbonyl (C=O) groups is 1. The molecule has 2 fully saturated rings. The van der Waals surface area contributed by atoms with Gasteiger partial charge in [0.25, 0.3) is 11.7 Å². The van der Waals surface area contributed by atoms with Gasteiger partial charge in [-0.25, -0.2) is 0 Å². The Bertz CT molecular complexity index is 830. The van der Waals surface area contributed by atoms with Gasteiger partial charge < -0.3 is 14.6 Å². The van der Waals surface area contributed by atoms with Crippen LogP contribution in [0.15, 0.2) is 22.7 Å². The van der Waals surface area contributed by atoms with Crippen LogP contribution in [0.25, 0.3) is 0 Å². The number of nitrogens with zero attached hydrogens (tertiary/aromatic N) is 3. The highest BCUT2D eigenvalue weighted by Crippen LogP contribution is 2.33. The maximum absolute atomic E-state index is 12.1. The van der Waals surface area contributed by atoms with E-state index in [4.69, 9.17) is 9.26 Å². The van der Waals surface area contributed by atoms with E-state index in [1.54, 1.807) is 0 Å². The molecule has 1 aromatic heterocycles. The fourth-order valence-corrected chi connectivity index (χ4v) is 3.81. The molecule has 0 radical (unpaired) electrons. The highest BCUT2D eigenvalue weighted by atomic mass is 16.5. The van der Waals surface area contributed by atoms with E-state index < -0.39 is 0 Å². The number of hydrogen-bond donors (Lipinski definition) is 1. The number of benzene rings is 1. The summed E-state index contributed by atoms with van der Waals surface area (Å²) in [7, 11) is 0. The number of nitrogens with one attached hydrogen (secondary N) is 1. The minimum atomic E-state index is -0.231. The monoisotopic (exact) mass is 354 g/mol. The molecule has 1 aromatic carbocycles. The minimum Gasteiger partial charge on any atom is -0.493 e. The van der Waals surface area contributed by atoms with Gasteiger partial charge in [-0.15, -0.1) is 0 Å². The lowest BCUT2D eigenvalue weighted by Crippen LogP contribution is -2.27. The van der Waals surface area contributed by atoms with E-state index in [-0.39, 0.29) is 23.8 Å². The van der Waals surface area contributed by atoms with Gasteiger partial charge in [0.15, 0.2) is 0 Å². The number of likely N-dealkylation sites (tertiary alicyclic amines) is 1. The van der Waals surface area contributed by atoms with E-state index in [1.807, 2.05) is 0 Å². The second-order valence-electron chi connectivity index (χ2n) is 7.37. The Balaban J connectivity index is 1.29. The van der Waals surface area contributed by atoms with Gasteiger partial charge in [0.1, 0.15) is 5.75 Å². The van der Waals surface area contributed by atoms with Crippen molar-refractivity contribution in [2.45, 2.75) is 50.7 Å². The molecule has 0 spiro atoms. The third kappa shape index (κ3) is 3.07. The quantitative estimate of drug-likeness (QED) is 0.887. The maximum atomic E-state index is 12.1. The second-order valence-corrected chi connectivity index (χ2v) is 7.37. The minimum absolute atomic E-state index is 0.0782. The van der Waals surface area contributed by atoms with Gasteiger partial charge in [0.05, 0.1) is 12.6 Å². The number of ether oxygens (including phenoxy) is 1. The average Bonchev–Trinajstić information content (AvgIpc) is 3.08. The lowest BCUT2D eigenvalue weighted by atomic mass is 10.1. The Morgan fingerprint density at radius 1 is 1.31 bits per heavy atom. The van der Waals surface area contributed by atoms with E-state index >= 15 is 0 Å². The van der Waals surface area contributed by atoms with Crippen LogP contribution in [0.2, 0.25) is 0 Å². The molecule has 7 heteroatoms. The summed E-state index contributed by atoms with van der Waals surface area (Å²) in [6.45, 7) is 2.60. The zero-order valence-electron chi connectivity index (χ0n) is 14.6. The van der Waals surface area contributed by atoms with Crippen molar-refractivity contribution in [3.05, 3.63) is 41.0 Å². The van der Waals surface area contributed by atoms with Crippen molar-refractivity contribution >= 4 is 5.91 Å². The fraction of sp³-hybridized carbons (Fsp3) is 0.526. The Labute approximate surface area is 151 Å². The third-order valence-corrected chi connectivity index (χ3v) is 5.35. The molecule has 0 bridgehead atoms. The van der Waals surface area contributed by atoms with Gasteiger partial charge in [0, 0.05) is 19.0 Å². The molecule has 3 aliphatic rings. The van der Waals surface area contributed by atoms with Gasteiger partial charge >= 0.3 is 0 Å². The molecule has 136 valence electrons. The number of rotatable bonds is 5. The summed E-state index contributed by atoms with van der Waals surface area (Å²) < 4.78 is 11.0. The lowest BCUT2D eigenvalue weighted by molar-refractivity contribution is 0.0937. The predicted octanol–water partition coefficient (Wildman–Crippen LogP) is 2.23. The van der Waals surface area contributed by atoms with Gasteiger partial charge in [-0.1, -0.05) is 17.3 Å². The van der Waals surface area contributed by atoms with Crippen LogP contribution in [0.1, 0.15) is 59.4 Å². The highest BCUT2D eigenvalue weighted by molar-refractivity contribution is 5.90. The Hall–Kier alpha value is -2.41. The van der Waals surface area contributed by atoms with Crippen molar-refractivity contribution in [2.24, 2.45) is 0 Å². The van der Waals surface area contributed by atoms with Gasteiger partial charge in [-0.2, -0.15) is 4.98 Å². The zero-order valence-corrected chi connectivity index (χ0v) is 14.6. The van der Waals surface area contributed by atoms with Crippen molar-refractivity contribution in [3.63, 3.8) is 0 Å². The van der Waals surface area contributed by atoms with E-state index in [2.05, 4.69) is 38.6 Å². The predicted molar refractivity (Wildman–Crippen MR) is 92.8 cm³/mol. The number of fused-ring (bicyclic) bond motifs is 1. The molecule has 2 aromatic rings. The summed E-state index contributed by atoms with van der Waals surface area (Å²) in [5.74, 6) is 1.47. The first kappa shape index (κ1) is 15.8. The van der Waals surface area contributed by atoms with Crippen molar-refractivity contribution in [3.8, 4) is 5.75 Å². The third-order valence-electron chi connectivity index (χ3n) is 5.35. The molecule has 1 saturated carbocycles. The normalized spacial score (nSPS) is 22.2. The molecule has 0 unspecified atom stereocenters. The molecule has 2 aliphatic heterocycles. The first-order valence-electron chi connectivity index (χ1n) is 9.39. The molecule has 1 aliphatic carbocycles. The van der Waals surface area contributed by atoms with Gasteiger partial charge in [0.2, 0.25) is 5.89 Å². The smallest absolute Gasteiger partial charge is 0.292 e. The molecule has 1 saturated heterocycles. The van der Waals surface area contributed by atoms with Crippen LogP contribution in [-0.4, -0.2) is 40.1 Å². The molecular weight excluding hydrogens is 332 g/mol. The van der Waals surface area contributed by atoms with Crippen LogP contribution in [0.3, 0.4) is 0 Å². The number of carbonyl (C=O) groups excluding carboxylic acids is 1. The van der Waals surface area contributed by atoms with Crippen molar-refractivity contribution in [2.75, 3.05) is 13.2 Å². The molecular formula is C19H22N4O3. The number of amides is 1. The van der Waals surface area contributed by atoms with Crippen LogP contribution in [0, 0.1) is 0 Å². The molecule has 1 amide bonds. The van der Waals surface area contributed by atoms with Crippen LogP contribution in [0.5, 0.6) is 5.75 Å². The largest absolute Gasteiger partial charge is 0.493 e. The first-order chi connectivity index (χ1) is 12.8. The van der Waals surface area contributed by atoms with Crippen LogP contribution in [-0.2, 0) is 13.0 Å². The van der Waals surface area contributed by atoms with Crippen molar-refractivity contribution < 1.29 is 14.1 Å². The lowest BCUT2D eigenvalue weighted by Gasteiger charge is -2.21. The van der Waals surface area contributed by atoms with Crippen molar-refractivity contribution in [1.82, 2.24) is 20.4 Å². The molecule has 5 rings (SSSR count). The SMILES string of the molecule is O=C(NC1CC1)c1noc([C@@H]2CCCN2Cc2ccc3c(c2)CCO3)n1. The topological polar surface area (TPSA) is 80.5 Å². The average molecular weight is 354 g/mol. The van der Waals surface area contributed by atoms with E-state index in [9.17, 15) is 4.79 Å². The van der Waals surface area contributed by atoms with Gasteiger partial charge in [-0.05, 0) is 49.4 Å². The van der Waals surface area contributed by atoms with Crippen LogP contribution in [0.4, 0.5) is 0 Å². The Morgan fingerprint density at radius 2 is 2.23 bits per heavy atom. The van der Waals surface area contributed by atoms with E-state index in [0.717, 1.165) is 57.6 Å². The van der Waals surface area contributed by atoms with Crippen LogP contribution >= 0.6 is 0 Å². The summed E-state index contributed by atoms with van der Waals surface area (Å²) in [6.07, 6.45) is 5.12. The van der Waals surface area contributed by atoms with E-state index in [0.29, 0.717) is 5.89 Å². The Kier molecular flexibility index (Phi) is 3.89. The number of hydrogen-bond acceptors (Lipinski definition) is 6. The highest BCUT2D eigenvalue weighted by Gasteiger charge is 2.32. The first-order valence-corrected chi connectivity index (χ1v) is 9.39. The van der Waals surface area contributed by atoms with Crippen LogP contribution < -0.4 is 10.1 Å². The zero-order chi connectivity index (χ0) is 17.5. The summed E-state index contributed by atoms with van der Waals surface area (Å²) in [6, 6.07) is 6.79.